The number of para-hydroxylation sites is 1. The van der Waals surface area contributed by atoms with E-state index in [1.165, 1.54) is 113 Å². The summed E-state index contributed by atoms with van der Waals surface area (Å²) < 4.78 is 2.55. The molecule has 0 fully saturated rings. The molecule has 1 aliphatic carbocycles. The largest absolute Gasteiger partial charge is 0.309 e. The Labute approximate surface area is 322 Å². The van der Waals surface area contributed by atoms with E-state index in [2.05, 4.69) is 182 Å². The lowest BCUT2D eigenvalue weighted by Gasteiger charge is -2.28. The molecule has 2 heterocycles. The van der Waals surface area contributed by atoms with Crippen LogP contribution in [0.3, 0.4) is 0 Å². The van der Waals surface area contributed by atoms with Crippen LogP contribution in [-0.4, -0.2) is 4.57 Å². The number of hydrogen-bond acceptors (Lipinski definition) is 2. The molecule has 2 aliphatic rings. The highest BCUT2D eigenvalue weighted by molar-refractivity contribution is 8.05. The maximum absolute atomic E-state index is 2.55. The van der Waals surface area contributed by atoms with E-state index in [1.807, 2.05) is 23.5 Å². The number of rotatable bonds is 2. The molecule has 0 amide bonds. The van der Waals surface area contributed by atoms with E-state index in [4.69, 9.17) is 0 Å². The summed E-state index contributed by atoms with van der Waals surface area (Å²) >= 11 is 3.86. The molecule has 0 N–H and O–H groups in total. The molecule has 254 valence electrons. The van der Waals surface area contributed by atoms with Gasteiger partial charge in [-0.15, -0.1) is 0 Å². The molecule has 0 spiro atoms. The molecule has 12 rings (SSSR count). The molecular weight excluding hydrogens is 691 g/mol. The molecular formula is C51H33NS2. The Morgan fingerprint density at radius 3 is 1.74 bits per heavy atom. The number of nitrogens with zero attached hydrogens (tertiary/aromatic N) is 1. The van der Waals surface area contributed by atoms with Crippen molar-refractivity contribution in [1.82, 2.24) is 4.57 Å². The van der Waals surface area contributed by atoms with E-state index in [-0.39, 0.29) is 5.41 Å². The zero-order chi connectivity index (χ0) is 35.7. The van der Waals surface area contributed by atoms with Crippen LogP contribution in [0.25, 0.3) is 82.1 Å². The van der Waals surface area contributed by atoms with Gasteiger partial charge in [0, 0.05) is 41.5 Å². The summed E-state index contributed by atoms with van der Waals surface area (Å²) in [5, 5.41) is 10.4. The summed E-state index contributed by atoms with van der Waals surface area (Å²) in [6.07, 6.45) is 0. The van der Waals surface area contributed by atoms with Crippen molar-refractivity contribution >= 4 is 77.6 Å². The van der Waals surface area contributed by atoms with Gasteiger partial charge >= 0.3 is 0 Å². The highest BCUT2D eigenvalue weighted by Crippen LogP contribution is 2.60. The van der Waals surface area contributed by atoms with Crippen molar-refractivity contribution < 1.29 is 0 Å². The first-order valence-electron chi connectivity index (χ1n) is 18.7. The smallest absolute Gasteiger partial charge is 0.0588 e. The third kappa shape index (κ3) is 4.14. The predicted octanol–water partition coefficient (Wildman–Crippen LogP) is 14.8. The van der Waals surface area contributed by atoms with Crippen LogP contribution in [0.5, 0.6) is 0 Å². The fourth-order valence-corrected chi connectivity index (χ4v) is 12.2. The quantitative estimate of drug-likeness (QED) is 0.164. The van der Waals surface area contributed by atoms with E-state index in [0.29, 0.717) is 0 Å². The fraction of sp³-hybridized carbons (Fsp3) is 0.0588. The van der Waals surface area contributed by atoms with E-state index >= 15 is 0 Å². The van der Waals surface area contributed by atoms with Gasteiger partial charge in [-0.25, -0.2) is 0 Å². The van der Waals surface area contributed by atoms with Crippen LogP contribution in [0.1, 0.15) is 25.0 Å². The molecule has 0 saturated carbocycles. The lowest BCUT2D eigenvalue weighted by Crippen LogP contribution is -2.18. The first kappa shape index (κ1) is 30.7. The van der Waals surface area contributed by atoms with Gasteiger partial charge in [-0.3, -0.25) is 0 Å². The zero-order valence-electron chi connectivity index (χ0n) is 29.9. The Hall–Kier alpha value is -5.74. The maximum Gasteiger partial charge on any atom is 0.0588 e. The predicted molar refractivity (Wildman–Crippen MR) is 231 cm³/mol. The maximum atomic E-state index is 2.55. The van der Waals surface area contributed by atoms with Gasteiger partial charge in [-0.05, 0) is 108 Å². The van der Waals surface area contributed by atoms with Crippen LogP contribution in [0.4, 0.5) is 0 Å². The summed E-state index contributed by atoms with van der Waals surface area (Å²) in [6.45, 7) is 4.90. The topological polar surface area (TPSA) is 4.93 Å². The Morgan fingerprint density at radius 1 is 0.407 bits per heavy atom. The zero-order valence-corrected chi connectivity index (χ0v) is 31.5. The fourth-order valence-electron chi connectivity index (χ4n) is 9.66. The number of hydrogen-bond donors (Lipinski definition) is 0. The van der Waals surface area contributed by atoms with Crippen molar-refractivity contribution in [3.8, 4) is 27.9 Å². The van der Waals surface area contributed by atoms with Crippen LogP contribution in [0, 0.1) is 0 Å². The molecule has 0 unspecified atom stereocenters. The second-order valence-electron chi connectivity index (χ2n) is 15.2. The minimum atomic E-state index is -0.207. The summed E-state index contributed by atoms with van der Waals surface area (Å²) in [5.74, 6) is 0. The van der Waals surface area contributed by atoms with Crippen molar-refractivity contribution in [1.29, 1.82) is 0 Å². The molecule has 9 aromatic carbocycles. The molecule has 10 aromatic rings. The van der Waals surface area contributed by atoms with Crippen molar-refractivity contribution in [2.24, 2.45) is 0 Å². The van der Waals surface area contributed by atoms with E-state index in [0.717, 1.165) is 0 Å². The third-order valence-corrected chi connectivity index (χ3v) is 14.6. The minimum absolute atomic E-state index is 0.207. The highest BCUT2D eigenvalue weighted by atomic mass is 32.2. The molecule has 0 atom stereocenters. The Kier molecular flexibility index (Phi) is 6.33. The summed E-state index contributed by atoms with van der Waals surface area (Å²) in [6, 6.07) is 61.2. The van der Waals surface area contributed by atoms with Crippen molar-refractivity contribution in [3.63, 3.8) is 0 Å². The number of benzene rings is 9. The van der Waals surface area contributed by atoms with Gasteiger partial charge in [0.25, 0.3) is 0 Å². The van der Waals surface area contributed by atoms with Crippen LogP contribution >= 0.6 is 23.5 Å². The van der Waals surface area contributed by atoms with E-state index in [9.17, 15) is 0 Å². The Bertz CT molecular complexity index is 3220. The molecule has 1 aliphatic heterocycles. The van der Waals surface area contributed by atoms with Gasteiger partial charge in [-0.2, -0.15) is 0 Å². The average molecular weight is 724 g/mol. The summed E-state index contributed by atoms with van der Waals surface area (Å²) in [4.78, 5) is 5.46. The summed E-state index contributed by atoms with van der Waals surface area (Å²) in [7, 11) is 0. The third-order valence-electron chi connectivity index (χ3n) is 12.0. The van der Waals surface area contributed by atoms with Crippen molar-refractivity contribution in [2.45, 2.75) is 38.8 Å². The number of fused-ring (bicyclic) bond motifs is 16. The normalized spacial score (nSPS) is 14.1. The number of aromatic nitrogens is 1. The van der Waals surface area contributed by atoms with Crippen molar-refractivity contribution in [3.05, 3.63) is 175 Å². The summed E-state index contributed by atoms with van der Waals surface area (Å²) in [5.41, 5.74) is 11.6. The van der Waals surface area contributed by atoms with Gasteiger partial charge in [0.15, 0.2) is 0 Å². The second-order valence-corrected chi connectivity index (χ2v) is 17.4. The minimum Gasteiger partial charge on any atom is -0.309 e. The molecule has 0 radical (unpaired) electrons. The van der Waals surface area contributed by atoms with Gasteiger partial charge in [0.1, 0.15) is 0 Å². The van der Waals surface area contributed by atoms with Gasteiger partial charge in [0.05, 0.1) is 11.0 Å². The standard InChI is InChI=1S/C51H33NS2/c1-51(2)47-39(40-26-27-46-50(48(40)51)54-45-21-10-9-20-44(45)53-46)24-25-41-38-18-7-8-19-43(38)52(49(41)47)32-13-11-12-30(28-32)31-22-23-37-35-16-4-3-14-33(35)34-15-5-6-17-36(34)42(37)29-31/h3-29H,1-2H3. The lowest BCUT2D eigenvalue weighted by molar-refractivity contribution is 0.645. The molecule has 0 saturated heterocycles. The van der Waals surface area contributed by atoms with E-state index < -0.39 is 0 Å². The van der Waals surface area contributed by atoms with Crippen LogP contribution < -0.4 is 0 Å². The second kappa shape index (κ2) is 11.1. The van der Waals surface area contributed by atoms with Gasteiger partial charge in [0.2, 0.25) is 0 Å². The highest BCUT2D eigenvalue weighted by Gasteiger charge is 2.42. The average Bonchev–Trinajstić information content (AvgIpc) is 3.68. The van der Waals surface area contributed by atoms with Crippen LogP contribution in [-0.2, 0) is 5.41 Å². The van der Waals surface area contributed by atoms with Gasteiger partial charge in [-0.1, -0.05) is 159 Å². The Balaban J connectivity index is 1.08. The first-order valence-corrected chi connectivity index (χ1v) is 20.3. The molecule has 1 aromatic heterocycles. The lowest BCUT2D eigenvalue weighted by atomic mass is 9.81. The first-order chi connectivity index (χ1) is 26.5. The monoisotopic (exact) mass is 723 g/mol. The van der Waals surface area contributed by atoms with Crippen molar-refractivity contribution in [2.75, 3.05) is 0 Å². The SMILES string of the molecule is CC1(C)c2c(ccc3c2Sc2ccccc2S3)-c2ccc3c4ccccc4n(-c4cccc(-c5ccc6c7ccccc7c7ccccc7c6c5)c4)c3c21. The molecule has 3 heteroatoms. The molecule has 1 nitrogen and oxygen atoms in total. The Morgan fingerprint density at radius 2 is 0.981 bits per heavy atom. The van der Waals surface area contributed by atoms with Crippen LogP contribution in [0.2, 0.25) is 0 Å². The molecule has 54 heavy (non-hydrogen) atoms. The molecule has 0 bridgehead atoms. The van der Waals surface area contributed by atoms with Crippen LogP contribution in [0.15, 0.2) is 183 Å². The van der Waals surface area contributed by atoms with Gasteiger partial charge < -0.3 is 4.57 Å². The van der Waals surface area contributed by atoms with E-state index in [1.54, 1.807) is 0 Å².